The van der Waals surface area contributed by atoms with Crippen LogP contribution < -0.4 is 15.8 Å². The second-order valence-corrected chi connectivity index (χ2v) is 8.54. The predicted molar refractivity (Wildman–Crippen MR) is 127 cm³/mol. The van der Waals surface area contributed by atoms with Gasteiger partial charge in [0.1, 0.15) is 17.6 Å². The minimum atomic E-state index is -0.523. The number of para-hydroxylation sites is 1. The summed E-state index contributed by atoms with van der Waals surface area (Å²) in [4.78, 5) is 51.1. The number of thiazole rings is 1. The van der Waals surface area contributed by atoms with Gasteiger partial charge in [-0.05, 0) is 25.6 Å². The molecular formula is C22H26N6O4S. The number of rotatable bonds is 7. The van der Waals surface area contributed by atoms with E-state index in [1.165, 1.54) is 22.2 Å². The topological polar surface area (TPSA) is 110 Å². The van der Waals surface area contributed by atoms with Gasteiger partial charge in [-0.1, -0.05) is 30.4 Å². The molecule has 1 N–H and O–H groups in total. The number of hydrogen-bond donors (Lipinski definition) is 1. The highest BCUT2D eigenvalue weighted by atomic mass is 32.1. The van der Waals surface area contributed by atoms with Gasteiger partial charge < -0.3 is 19.9 Å². The Labute approximate surface area is 194 Å². The third kappa shape index (κ3) is 5.04. The lowest BCUT2D eigenvalue weighted by atomic mass is 10.2. The molecule has 3 heterocycles. The SMILES string of the molecule is CCOC(=O)c1ccccc1NC(=O)Cn1cnc2nc(N3CCN(CC)CC3)sc2c1=O. The highest BCUT2D eigenvalue weighted by Crippen LogP contribution is 2.26. The van der Waals surface area contributed by atoms with Crippen LogP contribution in [0.1, 0.15) is 24.2 Å². The average molecular weight is 471 g/mol. The van der Waals surface area contributed by atoms with Crippen molar-refractivity contribution in [2.45, 2.75) is 20.4 Å². The molecule has 11 heteroatoms. The number of carbonyl (C=O) groups excluding carboxylic acids is 2. The summed E-state index contributed by atoms with van der Waals surface area (Å²) in [5.41, 5.74) is 0.658. The number of esters is 1. The van der Waals surface area contributed by atoms with Crippen molar-refractivity contribution in [3.63, 3.8) is 0 Å². The summed E-state index contributed by atoms with van der Waals surface area (Å²) in [6.07, 6.45) is 1.33. The van der Waals surface area contributed by atoms with E-state index in [1.807, 2.05) is 0 Å². The summed E-state index contributed by atoms with van der Waals surface area (Å²) < 4.78 is 6.71. The second kappa shape index (κ2) is 10.1. The van der Waals surface area contributed by atoms with E-state index in [-0.39, 0.29) is 24.3 Å². The molecule has 1 saturated heterocycles. The van der Waals surface area contributed by atoms with E-state index >= 15 is 0 Å². The number of likely N-dealkylation sites (N-methyl/N-ethyl adjacent to an activating group) is 1. The molecule has 1 amide bonds. The van der Waals surface area contributed by atoms with Gasteiger partial charge >= 0.3 is 5.97 Å². The zero-order valence-corrected chi connectivity index (χ0v) is 19.4. The second-order valence-electron chi connectivity index (χ2n) is 7.56. The van der Waals surface area contributed by atoms with Gasteiger partial charge in [-0.15, -0.1) is 0 Å². The fourth-order valence-electron chi connectivity index (χ4n) is 3.66. The molecule has 3 aromatic rings. The Balaban J connectivity index is 1.49. The van der Waals surface area contributed by atoms with Gasteiger partial charge in [0.15, 0.2) is 10.8 Å². The number of nitrogens with one attached hydrogen (secondary N) is 1. The number of anilines is 2. The van der Waals surface area contributed by atoms with Crippen molar-refractivity contribution in [2.24, 2.45) is 0 Å². The van der Waals surface area contributed by atoms with Crippen LogP contribution in [0.2, 0.25) is 0 Å². The lowest BCUT2D eigenvalue weighted by Crippen LogP contribution is -2.46. The van der Waals surface area contributed by atoms with E-state index in [0.29, 0.717) is 16.0 Å². The van der Waals surface area contributed by atoms with Crippen LogP contribution in [0.15, 0.2) is 35.4 Å². The molecule has 1 aliphatic heterocycles. The molecule has 33 heavy (non-hydrogen) atoms. The Kier molecular flexibility index (Phi) is 6.99. The van der Waals surface area contributed by atoms with Crippen LogP contribution in [-0.2, 0) is 16.1 Å². The van der Waals surface area contributed by atoms with Crippen molar-refractivity contribution in [1.29, 1.82) is 0 Å². The van der Waals surface area contributed by atoms with Gasteiger partial charge in [0.2, 0.25) is 5.91 Å². The molecule has 174 valence electrons. The van der Waals surface area contributed by atoms with Gasteiger partial charge in [0, 0.05) is 26.2 Å². The van der Waals surface area contributed by atoms with Gasteiger partial charge in [-0.3, -0.25) is 14.2 Å². The van der Waals surface area contributed by atoms with Crippen LogP contribution >= 0.6 is 11.3 Å². The van der Waals surface area contributed by atoms with E-state index in [4.69, 9.17) is 4.74 Å². The largest absolute Gasteiger partial charge is 0.462 e. The number of amides is 1. The predicted octanol–water partition coefficient (Wildman–Crippen LogP) is 1.81. The summed E-state index contributed by atoms with van der Waals surface area (Å²) in [7, 11) is 0. The number of nitrogens with zero attached hydrogens (tertiary/aromatic N) is 5. The van der Waals surface area contributed by atoms with Crippen molar-refractivity contribution >= 4 is 44.4 Å². The first-order valence-corrected chi connectivity index (χ1v) is 11.7. The molecule has 0 atom stereocenters. The summed E-state index contributed by atoms with van der Waals surface area (Å²) in [5, 5.41) is 3.46. The smallest absolute Gasteiger partial charge is 0.340 e. The maximum Gasteiger partial charge on any atom is 0.340 e. The summed E-state index contributed by atoms with van der Waals surface area (Å²) in [5.74, 6) is -0.971. The number of benzene rings is 1. The van der Waals surface area contributed by atoms with Crippen molar-refractivity contribution in [3.05, 3.63) is 46.5 Å². The van der Waals surface area contributed by atoms with E-state index in [1.54, 1.807) is 31.2 Å². The molecule has 0 saturated carbocycles. The maximum atomic E-state index is 13.0. The number of carbonyl (C=O) groups is 2. The van der Waals surface area contributed by atoms with Crippen LogP contribution in [0, 0.1) is 0 Å². The highest BCUT2D eigenvalue weighted by molar-refractivity contribution is 7.22. The minimum absolute atomic E-state index is 0.229. The van der Waals surface area contributed by atoms with Crippen molar-refractivity contribution in [2.75, 3.05) is 49.5 Å². The Morgan fingerprint density at radius 2 is 1.91 bits per heavy atom. The lowest BCUT2D eigenvalue weighted by Gasteiger charge is -2.33. The quantitative estimate of drug-likeness (QED) is 0.521. The first kappa shape index (κ1) is 22.9. The molecule has 0 radical (unpaired) electrons. The molecule has 1 aliphatic rings. The van der Waals surface area contributed by atoms with Gasteiger partial charge in [-0.25, -0.2) is 9.78 Å². The van der Waals surface area contributed by atoms with Crippen LogP contribution in [0.5, 0.6) is 0 Å². The average Bonchev–Trinajstić information content (AvgIpc) is 3.27. The molecule has 1 aromatic carbocycles. The fourth-order valence-corrected chi connectivity index (χ4v) is 4.68. The zero-order valence-electron chi connectivity index (χ0n) is 18.6. The van der Waals surface area contributed by atoms with Gasteiger partial charge in [0.05, 0.1) is 17.9 Å². The number of piperazine rings is 1. The summed E-state index contributed by atoms with van der Waals surface area (Å²) in [6.45, 7) is 8.49. The molecule has 1 fully saturated rings. The van der Waals surface area contributed by atoms with E-state index in [2.05, 4.69) is 32.0 Å². The number of fused-ring (bicyclic) bond motifs is 1. The van der Waals surface area contributed by atoms with Crippen LogP contribution in [-0.4, -0.2) is 70.6 Å². The first-order chi connectivity index (χ1) is 16.0. The lowest BCUT2D eigenvalue weighted by molar-refractivity contribution is -0.116. The number of aromatic nitrogens is 3. The Morgan fingerprint density at radius 3 is 2.64 bits per heavy atom. The maximum absolute atomic E-state index is 13.0. The minimum Gasteiger partial charge on any atom is -0.462 e. The van der Waals surface area contributed by atoms with Crippen molar-refractivity contribution < 1.29 is 14.3 Å². The third-order valence-corrected chi connectivity index (χ3v) is 6.57. The molecular weight excluding hydrogens is 444 g/mol. The highest BCUT2D eigenvalue weighted by Gasteiger charge is 2.21. The Bertz CT molecular complexity index is 1220. The fraction of sp³-hybridized carbons (Fsp3) is 0.409. The monoisotopic (exact) mass is 470 g/mol. The zero-order chi connectivity index (χ0) is 23.4. The third-order valence-electron chi connectivity index (χ3n) is 5.47. The number of ether oxygens (including phenoxy) is 1. The molecule has 0 aliphatic carbocycles. The van der Waals surface area contributed by atoms with E-state index in [0.717, 1.165) is 37.9 Å². The van der Waals surface area contributed by atoms with Gasteiger partial charge in [0.25, 0.3) is 5.56 Å². The molecule has 0 bridgehead atoms. The van der Waals surface area contributed by atoms with Crippen LogP contribution in [0.4, 0.5) is 10.8 Å². The van der Waals surface area contributed by atoms with Crippen LogP contribution in [0.25, 0.3) is 10.3 Å². The number of hydrogen-bond acceptors (Lipinski definition) is 9. The van der Waals surface area contributed by atoms with Crippen LogP contribution in [0.3, 0.4) is 0 Å². The molecule has 4 rings (SSSR count). The van der Waals surface area contributed by atoms with E-state index < -0.39 is 11.9 Å². The Hall–Kier alpha value is -3.31. The summed E-state index contributed by atoms with van der Waals surface area (Å²) in [6, 6.07) is 6.58. The molecule has 0 spiro atoms. The summed E-state index contributed by atoms with van der Waals surface area (Å²) >= 11 is 1.30. The molecule has 10 nitrogen and oxygen atoms in total. The molecule has 2 aromatic heterocycles. The van der Waals surface area contributed by atoms with Crippen molar-refractivity contribution in [3.8, 4) is 0 Å². The normalized spacial score (nSPS) is 14.4. The molecule has 0 unspecified atom stereocenters. The van der Waals surface area contributed by atoms with E-state index in [9.17, 15) is 14.4 Å². The van der Waals surface area contributed by atoms with Gasteiger partial charge in [-0.2, -0.15) is 4.98 Å². The first-order valence-electron chi connectivity index (χ1n) is 10.9. The Morgan fingerprint density at radius 1 is 1.15 bits per heavy atom. The van der Waals surface area contributed by atoms with Crippen molar-refractivity contribution in [1.82, 2.24) is 19.4 Å². The standard InChI is InChI=1S/C22H26N6O4S/c1-3-26-9-11-27(12-10-26)22-25-19-18(33-22)20(30)28(14-23-19)13-17(29)24-16-8-6-5-7-15(16)21(31)32-4-2/h5-8,14H,3-4,9-13H2,1-2H3,(H,24,29).